The molecule has 1 amide bonds. The Morgan fingerprint density at radius 2 is 1.48 bits per heavy atom. The lowest BCUT2D eigenvalue weighted by atomic mass is 9.85. The van der Waals surface area contributed by atoms with Crippen molar-refractivity contribution in [2.45, 2.75) is 45.7 Å². The summed E-state index contributed by atoms with van der Waals surface area (Å²) in [5.41, 5.74) is 4.55. The normalized spacial score (nSPS) is 18.1. The summed E-state index contributed by atoms with van der Waals surface area (Å²) in [5, 5.41) is 11.2. The number of likely N-dealkylation sites (tertiary alicyclic amines) is 1. The minimum Gasteiger partial charge on any atom is -0.507 e. The predicted octanol–water partition coefficient (Wildman–Crippen LogP) is 5.91. The van der Waals surface area contributed by atoms with Crippen molar-refractivity contribution in [1.29, 1.82) is 0 Å². The van der Waals surface area contributed by atoms with E-state index in [1.807, 2.05) is 73.7 Å². The van der Waals surface area contributed by atoms with Gasteiger partial charge in [-0.2, -0.15) is 0 Å². The zero-order valence-corrected chi connectivity index (χ0v) is 19.5. The number of aryl methyl sites for hydroxylation is 1. The van der Waals surface area contributed by atoms with Crippen molar-refractivity contribution in [2.24, 2.45) is 0 Å². The minimum absolute atomic E-state index is 0.0216. The van der Waals surface area contributed by atoms with Crippen molar-refractivity contribution < 1.29 is 14.7 Å². The molecule has 0 spiro atoms. The van der Waals surface area contributed by atoms with E-state index >= 15 is 0 Å². The lowest BCUT2D eigenvalue weighted by Gasteiger charge is -2.26. The summed E-state index contributed by atoms with van der Waals surface area (Å²) in [5.74, 6) is -1.40. The van der Waals surface area contributed by atoms with Gasteiger partial charge in [-0.05, 0) is 29.0 Å². The second kappa shape index (κ2) is 8.70. The van der Waals surface area contributed by atoms with Gasteiger partial charge in [-0.25, -0.2) is 0 Å². The lowest BCUT2D eigenvalue weighted by Crippen LogP contribution is -2.29. The largest absolute Gasteiger partial charge is 0.507 e. The summed E-state index contributed by atoms with van der Waals surface area (Å²) in [6, 6.07) is 24.2. The number of benzene rings is 3. The maximum atomic E-state index is 13.2. The Morgan fingerprint density at radius 3 is 2.06 bits per heavy atom. The molecule has 33 heavy (non-hydrogen) atoms. The molecule has 3 aromatic carbocycles. The molecule has 4 heteroatoms. The Morgan fingerprint density at radius 1 is 0.879 bits per heavy atom. The molecule has 1 fully saturated rings. The Labute approximate surface area is 195 Å². The average Bonchev–Trinajstić information content (AvgIpc) is 3.04. The van der Waals surface area contributed by atoms with Crippen molar-refractivity contribution >= 4 is 17.4 Å². The maximum Gasteiger partial charge on any atom is 0.295 e. The fraction of sp³-hybridized carbons (Fsp3) is 0.241. The Hall–Kier alpha value is -3.66. The highest BCUT2D eigenvalue weighted by Gasteiger charge is 2.46. The van der Waals surface area contributed by atoms with E-state index < -0.39 is 17.7 Å². The van der Waals surface area contributed by atoms with Crippen LogP contribution in [-0.4, -0.2) is 21.7 Å². The first kappa shape index (κ1) is 22.5. The molecular weight excluding hydrogens is 410 g/mol. The molecule has 1 aliphatic heterocycles. The van der Waals surface area contributed by atoms with E-state index in [1.54, 1.807) is 17.0 Å². The van der Waals surface area contributed by atoms with Gasteiger partial charge >= 0.3 is 0 Å². The molecule has 168 valence electrons. The lowest BCUT2D eigenvalue weighted by molar-refractivity contribution is -0.140. The number of rotatable bonds is 4. The minimum atomic E-state index is -0.666. The van der Waals surface area contributed by atoms with Crippen LogP contribution in [0.4, 0.5) is 0 Å². The number of ketones is 1. The molecule has 1 saturated heterocycles. The van der Waals surface area contributed by atoms with Crippen LogP contribution in [0.5, 0.6) is 0 Å². The van der Waals surface area contributed by atoms with Crippen LogP contribution in [0.25, 0.3) is 5.76 Å². The molecule has 1 aliphatic rings. The number of hydrogen-bond donors (Lipinski definition) is 1. The molecule has 1 unspecified atom stereocenters. The van der Waals surface area contributed by atoms with Gasteiger partial charge in [-0.3, -0.25) is 9.59 Å². The first-order valence-electron chi connectivity index (χ1n) is 11.2. The quantitative estimate of drug-likeness (QED) is 0.312. The molecule has 4 nitrogen and oxygen atoms in total. The van der Waals surface area contributed by atoms with E-state index in [4.69, 9.17) is 0 Å². The molecule has 0 aromatic heterocycles. The summed E-state index contributed by atoms with van der Waals surface area (Å²) in [7, 11) is 0. The summed E-state index contributed by atoms with van der Waals surface area (Å²) in [6.45, 7) is 8.66. The standard InChI is InChI=1S/C29H29NO3/c1-19-10-12-22(13-11-19)26(31)24-25(21-14-16-23(17-15-21)29(2,3)4)30(28(33)27(24)32)18-20-8-6-5-7-9-20/h5-17,25,31H,18H2,1-4H3. The number of Topliss-reactive ketones (excluding diaryl/α,β-unsaturated/α-hetero) is 1. The summed E-state index contributed by atoms with van der Waals surface area (Å²) < 4.78 is 0. The van der Waals surface area contributed by atoms with Gasteiger partial charge in [0.1, 0.15) is 5.76 Å². The van der Waals surface area contributed by atoms with Crippen LogP contribution in [0.1, 0.15) is 54.6 Å². The van der Waals surface area contributed by atoms with Crippen LogP contribution in [-0.2, 0) is 21.5 Å². The highest BCUT2D eigenvalue weighted by atomic mass is 16.3. The smallest absolute Gasteiger partial charge is 0.295 e. The number of nitrogens with zero attached hydrogens (tertiary/aromatic N) is 1. The number of hydrogen-bond acceptors (Lipinski definition) is 3. The molecule has 0 aliphatic carbocycles. The molecule has 1 atom stereocenters. The number of carbonyl (C=O) groups is 2. The van der Waals surface area contributed by atoms with Gasteiger partial charge in [0.25, 0.3) is 11.7 Å². The number of carbonyl (C=O) groups excluding carboxylic acids is 2. The molecule has 1 N–H and O–H groups in total. The van der Waals surface area contributed by atoms with Crippen molar-refractivity contribution in [3.63, 3.8) is 0 Å². The zero-order valence-electron chi connectivity index (χ0n) is 19.5. The maximum absolute atomic E-state index is 13.2. The second-order valence-electron chi connectivity index (χ2n) is 9.65. The first-order chi connectivity index (χ1) is 15.7. The second-order valence-corrected chi connectivity index (χ2v) is 9.65. The van der Waals surface area contributed by atoms with E-state index in [0.717, 1.165) is 22.3 Å². The highest BCUT2D eigenvalue weighted by Crippen LogP contribution is 2.40. The molecule has 0 radical (unpaired) electrons. The SMILES string of the molecule is Cc1ccc(C(O)=C2C(=O)C(=O)N(Cc3ccccc3)C2c2ccc(C(C)(C)C)cc2)cc1. The number of amides is 1. The van der Waals surface area contributed by atoms with Crippen LogP contribution < -0.4 is 0 Å². The van der Waals surface area contributed by atoms with E-state index in [-0.39, 0.29) is 23.3 Å². The van der Waals surface area contributed by atoms with Gasteiger partial charge in [0, 0.05) is 12.1 Å². The van der Waals surface area contributed by atoms with Crippen LogP contribution in [0.3, 0.4) is 0 Å². The van der Waals surface area contributed by atoms with Crippen molar-refractivity contribution in [3.05, 3.63) is 112 Å². The zero-order chi connectivity index (χ0) is 23.8. The summed E-state index contributed by atoms with van der Waals surface area (Å²) in [4.78, 5) is 27.9. The van der Waals surface area contributed by atoms with Crippen LogP contribution in [0.2, 0.25) is 0 Å². The predicted molar refractivity (Wildman–Crippen MR) is 131 cm³/mol. The van der Waals surface area contributed by atoms with Crippen molar-refractivity contribution in [1.82, 2.24) is 4.90 Å². The average molecular weight is 440 g/mol. The van der Waals surface area contributed by atoms with Crippen LogP contribution in [0, 0.1) is 6.92 Å². The fourth-order valence-electron chi connectivity index (χ4n) is 4.20. The first-order valence-corrected chi connectivity index (χ1v) is 11.2. The molecule has 1 heterocycles. The third-order valence-electron chi connectivity index (χ3n) is 6.15. The number of aliphatic hydroxyl groups excluding tert-OH is 1. The highest BCUT2D eigenvalue weighted by molar-refractivity contribution is 6.46. The van der Waals surface area contributed by atoms with E-state index in [2.05, 4.69) is 20.8 Å². The molecular formula is C29H29NO3. The van der Waals surface area contributed by atoms with Crippen molar-refractivity contribution in [2.75, 3.05) is 0 Å². The van der Waals surface area contributed by atoms with Gasteiger partial charge in [0.15, 0.2) is 0 Å². The monoisotopic (exact) mass is 439 g/mol. The van der Waals surface area contributed by atoms with Crippen LogP contribution in [0.15, 0.2) is 84.4 Å². The molecule has 3 aromatic rings. The van der Waals surface area contributed by atoms with Gasteiger partial charge in [0.2, 0.25) is 0 Å². The summed E-state index contributed by atoms with van der Waals surface area (Å²) in [6.07, 6.45) is 0. The Balaban J connectivity index is 1.85. The van der Waals surface area contributed by atoms with Gasteiger partial charge in [-0.1, -0.05) is 105 Å². The van der Waals surface area contributed by atoms with Gasteiger partial charge < -0.3 is 10.0 Å². The van der Waals surface area contributed by atoms with Gasteiger partial charge in [0.05, 0.1) is 11.6 Å². The summed E-state index contributed by atoms with van der Waals surface area (Å²) >= 11 is 0. The van der Waals surface area contributed by atoms with E-state index in [0.29, 0.717) is 5.56 Å². The van der Waals surface area contributed by atoms with E-state index in [1.165, 1.54) is 0 Å². The molecule has 0 bridgehead atoms. The van der Waals surface area contributed by atoms with Crippen molar-refractivity contribution in [3.8, 4) is 0 Å². The topological polar surface area (TPSA) is 57.6 Å². The molecule has 0 saturated carbocycles. The third-order valence-corrected chi connectivity index (χ3v) is 6.15. The number of aliphatic hydroxyl groups is 1. The third kappa shape index (κ3) is 4.47. The molecule has 4 rings (SSSR count). The Bertz CT molecular complexity index is 1200. The van der Waals surface area contributed by atoms with Gasteiger partial charge in [-0.15, -0.1) is 0 Å². The van der Waals surface area contributed by atoms with E-state index in [9.17, 15) is 14.7 Å². The van der Waals surface area contributed by atoms with Crippen LogP contribution >= 0.6 is 0 Å². The Kier molecular flexibility index (Phi) is 5.94. The fourth-order valence-corrected chi connectivity index (χ4v) is 4.20.